The van der Waals surface area contributed by atoms with Crippen LogP contribution in [0.15, 0.2) is 36.0 Å². The van der Waals surface area contributed by atoms with Gasteiger partial charge in [-0.3, -0.25) is 15.0 Å². The molecule has 1 aromatic carbocycles. The normalized spacial score (nSPS) is 17.2. The van der Waals surface area contributed by atoms with Crippen molar-refractivity contribution in [1.82, 2.24) is 10.9 Å². The lowest BCUT2D eigenvalue weighted by atomic mass is 10.2. The van der Waals surface area contributed by atoms with Gasteiger partial charge in [0.1, 0.15) is 5.75 Å². The van der Waals surface area contributed by atoms with Crippen LogP contribution >= 0.6 is 0 Å². The fourth-order valence-corrected chi connectivity index (χ4v) is 2.02. The van der Waals surface area contributed by atoms with Crippen molar-refractivity contribution >= 4 is 17.5 Å². The fraction of sp³-hybridized carbons (Fsp3) is 0.333. The number of hydrogen-bond acceptors (Lipinski definition) is 4. The topological polar surface area (TPSA) is 83.9 Å². The first-order valence-corrected chi connectivity index (χ1v) is 7.10. The molecule has 0 saturated carbocycles. The lowest BCUT2D eigenvalue weighted by Gasteiger charge is -2.20. The first-order valence-electron chi connectivity index (χ1n) is 7.10. The second-order valence-corrected chi connectivity index (χ2v) is 5.15. The third kappa shape index (κ3) is 4.49. The number of benzene rings is 1. The summed E-state index contributed by atoms with van der Waals surface area (Å²) in [5.41, 5.74) is 6.66. The van der Waals surface area contributed by atoms with Gasteiger partial charge < -0.3 is 20.4 Å². The van der Waals surface area contributed by atoms with E-state index in [1.165, 1.54) is 4.90 Å². The fourth-order valence-electron chi connectivity index (χ4n) is 2.02. The number of likely N-dealkylation sites (N-methyl/N-ethyl adjacent to an activating group) is 1. The summed E-state index contributed by atoms with van der Waals surface area (Å²) in [6.07, 6.45) is 2.85. The van der Waals surface area contributed by atoms with Gasteiger partial charge in [-0.25, -0.2) is 0 Å². The van der Waals surface area contributed by atoms with E-state index in [1.807, 2.05) is 6.08 Å². The monoisotopic (exact) mass is 305 g/mol. The molecule has 0 saturated heterocycles. The van der Waals surface area contributed by atoms with E-state index in [9.17, 15) is 9.59 Å². The number of carbonyl (C=O) groups is 2. The molecule has 1 aromatic rings. The number of amides is 2. The molecule has 2 rings (SSSR count). The Hall–Kier alpha value is -2.54. The predicted octanol–water partition coefficient (Wildman–Crippen LogP) is -0.943. The molecule has 2 amide bonds. The molecule has 7 heteroatoms. The van der Waals surface area contributed by atoms with Gasteiger partial charge >= 0.3 is 11.8 Å². The van der Waals surface area contributed by atoms with E-state index < -0.39 is 11.8 Å². The van der Waals surface area contributed by atoms with Crippen molar-refractivity contribution < 1.29 is 19.2 Å². The Morgan fingerprint density at radius 2 is 1.91 bits per heavy atom. The number of nitrogens with one attached hydrogen (secondary N) is 4. The second kappa shape index (κ2) is 7.46. The van der Waals surface area contributed by atoms with E-state index in [4.69, 9.17) is 4.74 Å². The van der Waals surface area contributed by atoms with Crippen LogP contribution in [0.5, 0.6) is 5.75 Å². The number of methoxy groups -OCH3 is 1. The molecule has 4 N–H and O–H groups in total. The Morgan fingerprint density at radius 3 is 2.50 bits per heavy atom. The van der Waals surface area contributed by atoms with Gasteiger partial charge in [0.05, 0.1) is 27.2 Å². The van der Waals surface area contributed by atoms with E-state index in [0.717, 1.165) is 25.2 Å². The summed E-state index contributed by atoms with van der Waals surface area (Å²) in [7, 11) is 3.67. The van der Waals surface area contributed by atoms with Crippen molar-refractivity contribution in [2.75, 3.05) is 32.6 Å². The van der Waals surface area contributed by atoms with Crippen LogP contribution in [-0.4, -0.2) is 39.1 Å². The van der Waals surface area contributed by atoms with Gasteiger partial charge in [0.25, 0.3) is 0 Å². The number of anilines is 1. The van der Waals surface area contributed by atoms with E-state index >= 15 is 0 Å². The third-order valence-electron chi connectivity index (χ3n) is 3.41. The van der Waals surface area contributed by atoms with Crippen molar-refractivity contribution in [3.63, 3.8) is 0 Å². The first-order chi connectivity index (χ1) is 10.6. The Bertz CT molecular complexity index is 569. The van der Waals surface area contributed by atoms with Gasteiger partial charge in [-0.05, 0) is 30.3 Å². The van der Waals surface area contributed by atoms with E-state index in [2.05, 4.69) is 23.2 Å². The highest BCUT2D eigenvalue weighted by Crippen LogP contribution is 2.14. The summed E-state index contributed by atoms with van der Waals surface area (Å²) in [5.74, 6) is -0.778. The molecule has 22 heavy (non-hydrogen) atoms. The SMILES string of the molecule is COc1ccc(NC(=O)C(=O)NNC2=CC[NH+](C)CC2)cc1. The summed E-state index contributed by atoms with van der Waals surface area (Å²) in [6.45, 7) is 1.89. The lowest BCUT2D eigenvalue weighted by molar-refractivity contribution is -0.875. The highest BCUT2D eigenvalue weighted by Gasteiger charge is 2.15. The highest BCUT2D eigenvalue weighted by molar-refractivity contribution is 6.39. The Morgan fingerprint density at radius 1 is 1.18 bits per heavy atom. The van der Waals surface area contributed by atoms with E-state index in [0.29, 0.717) is 11.4 Å². The van der Waals surface area contributed by atoms with Crippen LogP contribution < -0.4 is 25.8 Å². The van der Waals surface area contributed by atoms with Gasteiger partial charge in [0.2, 0.25) is 0 Å². The molecule has 1 aliphatic rings. The van der Waals surface area contributed by atoms with Crippen molar-refractivity contribution in [2.24, 2.45) is 0 Å². The minimum atomic E-state index is -0.733. The quantitative estimate of drug-likeness (QED) is 0.427. The van der Waals surface area contributed by atoms with Gasteiger partial charge in [-0.2, -0.15) is 0 Å². The van der Waals surface area contributed by atoms with Crippen molar-refractivity contribution in [2.45, 2.75) is 6.42 Å². The van der Waals surface area contributed by atoms with Crippen LogP contribution in [0.3, 0.4) is 0 Å². The van der Waals surface area contributed by atoms with E-state index in [1.54, 1.807) is 31.4 Å². The van der Waals surface area contributed by atoms with Gasteiger partial charge in [-0.15, -0.1) is 0 Å². The maximum Gasteiger partial charge on any atom is 0.327 e. The largest absolute Gasteiger partial charge is 0.497 e. The third-order valence-corrected chi connectivity index (χ3v) is 3.41. The average Bonchev–Trinajstić information content (AvgIpc) is 2.54. The molecule has 0 fully saturated rings. The molecular formula is C15H21N4O3+. The number of quaternary nitrogens is 1. The van der Waals surface area contributed by atoms with Crippen LogP contribution in [0.25, 0.3) is 0 Å². The maximum absolute atomic E-state index is 11.8. The highest BCUT2D eigenvalue weighted by atomic mass is 16.5. The molecule has 0 bridgehead atoms. The van der Waals surface area contributed by atoms with Crippen LogP contribution in [0, 0.1) is 0 Å². The zero-order chi connectivity index (χ0) is 15.9. The number of ether oxygens (including phenoxy) is 1. The van der Waals surface area contributed by atoms with Gasteiger partial charge in [0, 0.05) is 17.8 Å². The molecule has 0 radical (unpaired) electrons. The molecule has 118 valence electrons. The molecular weight excluding hydrogens is 284 g/mol. The van der Waals surface area contributed by atoms with Crippen LogP contribution in [0.2, 0.25) is 0 Å². The molecule has 1 aliphatic heterocycles. The Balaban J connectivity index is 1.80. The molecule has 0 spiro atoms. The summed E-state index contributed by atoms with van der Waals surface area (Å²) >= 11 is 0. The zero-order valence-electron chi connectivity index (χ0n) is 12.7. The average molecular weight is 305 g/mol. The number of rotatable bonds is 4. The predicted molar refractivity (Wildman–Crippen MR) is 82.2 cm³/mol. The van der Waals surface area contributed by atoms with Gasteiger partial charge in [-0.1, -0.05) is 0 Å². The van der Waals surface area contributed by atoms with Crippen LogP contribution in [0.4, 0.5) is 5.69 Å². The van der Waals surface area contributed by atoms with Crippen molar-refractivity contribution in [3.8, 4) is 5.75 Å². The molecule has 0 aliphatic carbocycles. The Labute approximate surface area is 129 Å². The summed E-state index contributed by atoms with van der Waals surface area (Å²) in [6, 6.07) is 6.74. The smallest absolute Gasteiger partial charge is 0.327 e. The minimum absolute atomic E-state index is 0.531. The van der Waals surface area contributed by atoms with E-state index in [-0.39, 0.29) is 0 Å². The molecule has 1 heterocycles. The summed E-state index contributed by atoms with van der Waals surface area (Å²) in [5, 5.41) is 2.52. The number of hydrazine groups is 1. The summed E-state index contributed by atoms with van der Waals surface area (Å²) in [4.78, 5) is 24.9. The standard InChI is InChI=1S/C15H20N4O3/c1-19-9-7-12(8-10-19)17-18-15(21)14(20)16-11-3-5-13(22-2)6-4-11/h3-7,17H,8-10H2,1-2H3,(H,16,20)(H,18,21)/p+1. The second-order valence-electron chi connectivity index (χ2n) is 5.15. The molecule has 1 atom stereocenters. The zero-order valence-corrected chi connectivity index (χ0v) is 12.7. The first kappa shape index (κ1) is 15.8. The maximum atomic E-state index is 11.8. The van der Waals surface area contributed by atoms with Crippen LogP contribution in [0.1, 0.15) is 6.42 Å². The lowest BCUT2D eigenvalue weighted by Crippen LogP contribution is -3.09. The van der Waals surface area contributed by atoms with Crippen LogP contribution in [-0.2, 0) is 9.59 Å². The van der Waals surface area contributed by atoms with Gasteiger partial charge in [0.15, 0.2) is 0 Å². The molecule has 0 aromatic heterocycles. The van der Waals surface area contributed by atoms with Crippen molar-refractivity contribution in [3.05, 3.63) is 36.0 Å². The summed E-state index contributed by atoms with van der Waals surface area (Å²) < 4.78 is 5.02. The number of hydrogen-bond donors (Lipinski definition) is 4. The molecule has 1 unspecified atom stereocenters. The number of carbonyl (C=O) groups excluding carboxylic acids is 2. The Kier molecular flexibility index (Phi) is 5.37. The molecule has 7 nitrogen and oxygen atoms in total. The van der Waals surface area contributed by atoms with Crippen molar-refractivity contribution in [1.29, 1.82) is 0 Å². The minimum Gasteiger partial charge on any atom is -0.497 e.